The van der Waals surface area contributed by atoms with E-state index in [2.05, 4.69) is 45.9 Å². The molecule has 4 nitrogen and oxygen atoms in total. The van der Waals surface area contributed by atoms with Crippen molar-refractivity contribution in [1.29, 1.82) is 0 Å². The van der Waals surface area contributed by atoms with E-state index >= 15 is 0 Å². The minimum absolute atomic E-state index is 0.0153. The number of thiazole rings is 1. The molecule has 2 heterocycles. The monoisotopic (exact) mass is 405 g/mol. The summed E-state index contributed by atoms with van der Waals surface area (Å²) in [4.78, 5) is 19.5. The van der Waals surface area contributed by atoms with E-state index in [0.717, 1.165) is 36.0 Å². The molecule has 150 valence electrons. The average molecular weight is 406 g/mol. The maximum Gasteiger partial charge on any atom is 0.231 e. The van der Waals surface area contributed by atoms with Crippen molar-refractivity contribution in [2.75, 3.05) is 18.4 Å². The number of amides is 1. The number of piperidine rings is 1. The lowest BCUT2D eigenvalue weighted by atomic mass is 9.89. The second-order valence-corrected chi connectivity index (χ2v) is 8.73. The molecule has 4 rings (SSSR count). The van der Waals surface area contributed by atoms with Crippen molar-refractivity contribution in [2.24, 2.45) is 0 Å². The van der Waals surface area contributed by atoms with E-state index in [0.29, 0.717) is 12.3 Å². The van der Waals surface area contributed by atoms with Crippen LogP contribution in [-0.2, 0) is 17.8 Å². The highest BCUT2D eigenvalue weighted by Gasteiger charge is 2.21. The molecule has 2 aromatic carbocycles. The summed E-state index contributed by atoms with van der Waals surface area (Å²) in [5.41, 5.74) is 4.55. The first kappa shape index (κ1) is 19.8. The quantitative estimate of drug-likeness (QED) is 0.627. The number of nitrogens with zero attached hydrogens (tertiary/aromatic N) is 2. The van der Waals surface area contributed by atoms with Crippen molar-refractivity contribution in [3.8, 4) is 0 Å². The molecule has 1 N–H and O–H groups in total. The number of likely N-dealkylation sites (tertiary alicyclic amines) is 1. The van der Waals surface area contributed by atoms with Gasteiger partial charge in [-0.05, 0) is 56.5 Å². The summed E-state index contributed by atoms with van der Waals surface area (Å²) in [5.74, 6) is 0.655. The van der Waals surface area contributed by atoms with Crippen LogP contribution >= 0.6 is 11.3 Å². The highest BCUT2D eigenvalue weighted by molar-refractivity contribution is 7.09. The van der Waals surface area contributed by atoms with Crippen LogP contribution in [0.5, 0.6) is 0 Å². The number of carbonyl (C=O) groups excluding carboxylic acids is 1. The van der Waals surface area contributed by atoms with Gasteiger partial charge in [0.1, 0.15) is 5.01 Å². The molecular weight excluding hydrogens is 378 g/mol. The second kappa shape index (κ2) is 9.33. The van der Waals surface area contributed by atoms with E-state index in [1.54, 1.807) is 11.3 Å². The van der Waals surface area contributed by atoms with Crippen LogP contribution in [0.1, 0.15) is 40.6 Å². The molecule has 1 aliphatic rings. The summed E-state index contributed by atoms with van der Waals surface area (Å²) in [6.07, 6.45) is 2.72. The molecule has 1 saturated heterocycles. The molecule has 1 aliphatic heterocycles. The van der Waals surface area contributed by atoms with E-state index in [9.17, 15) is 4.79 Å². The Morgan fingerprint density at radius 1 is 1.10 bits per heavy atom. The maximum atomic E-state index is 12.3. The molecule has 1 aromatic heterocycles. The molecule has 29 heavy (non-hydrogen) atoms. The van der Waals surface area contributed by atoms with Crippen LogP contribution in [0.25, 0.3) is 0 Å². The fourth-order valence-electron chi connectivity index (χ4n) is 3.86. The van der Waals surface area contributed by atoms with E-state index in [1.807, 2.05) is 31.2 Å². The normalized spacial score (nSPS) is 15.3. The van der Waals surface area contributed by atoms with E-state index < -0.39 is 0 Å². The predicted octanol–water partition coefficient (Wildman–Crippen LogP) is 5.01. The van der Waals surface area contributed by atoms with Gasteiger partial charge in [0.05, 0.1) is 12.1 Å². The molecule has 0 unspecified atom stereocenters. The Balaban J connectivity index is 1.25. The summed E-state index contributed by atoms with van der Waals surface area (Å²) in [6.45, 7) is 5.10. The molecule has 3 aromatic rings. The first-order valence-corrected chi connectivity index (χ1v) is 11.1. The van der Waals surface area contributed by atoms with Gasteiger partial charge in [-0.25, -0.2) is 4.98 Å². The number of hydrogen-bond acceptors (Lipinski definition) is 4. The van der Waals surface area contributed by atoms with Gasteiger partial charge in [-0.15, -0.1) is 11.3 Å². The number of hydrogen-bond donors (Lipinski definition) is 1. The van der Waals surface area contributed by atoms with Gasteiger partial charge in [-0.2, -0.15) is 0 Å². The number of rotatable bonds is 6. The van der Waals surface area contributed by atoms with Gasteiger partial charge in [-0.1, -0.05) is 48.0 Å². The van der Waals surface area contributed by atoms with Crippen LogP contribution in [0.15, 0.2) is 60.0 Å². The molecule has 0 atom stereocenters. The van der Waals surface area contributed by atoms with Crippen LogP contribution < -0.4 is 5.32 Å². The summed E-state index contributed by atoms with van der Waals surface area (Å²) < 4.78 is 0. The van der Waals surface area contributed by atoms with E-state index in [-0.39, 0.29) is 5.91 Å². The van der Waals surface area contributed by atoms with Gasteiger partial charge < -0.3 is 5.32 Å². The molecule has 1 amide bonds. The minimum Gasteiger partial charge on any atom is -0.326 e. The number of nitrogens with one attached hydrogen (secondary N) is 1. The summed E-state index contributed by atoms with van der Waals surface area (Å²) in [5, 5.41) is 5.92. The van der Waals surface area contributed by atoms with Crippen molar-refractivity contribution < 1.29 is 4.79 Å². The lowest BCUT2D eigenvalue weighted by Crippen LogP contribution is -2.32. The Kier molecular flexibility index (Phi) is 6.37. The van der Waals surface area contributed by atoms with Crippen molar-refractivity contribution in [3.05, 3.63) is 81.8 Å². The predicted molar refractivity (Wildman–Crippen MR) is 119 cm³/mol. The summed E-state index contributed by atoms with van der Waals surface area (Å²) >= 11 is 1.58. The molecule has 1 fully saturated rings. The SMILES string of the molecule is Cc1ccc(NC(=O)Cc2nc(CN3CCC(c4ccccc4)CC3)cs2)cc1. The number of anilines is 1. The van der Waals surface area contributed by atoms with Gasteiger partial charge in [0.25, 0.3) is 0 Å². The van der Waals surface area contributed by atoms with E-state index in [1.165, 1.54) is 24.0 Å². The molecule has 5 heteroatoms. The average Bonchev–Trinajstić information content (AvgIpc) is 3.17. The lowest BCUT2D eigenvalue weighted by molar-refractivity contribution is -0.115. The largest absolute Gasteiger partial charge is 0.326 e. The van der Waals surface area contributed by atoms with Crippen LogP contribution in [0.4, 0.5) is 5.69 Å². The number of aromatic nitrogens is 1. The van der Waals surface area contributed by atoms with Crippen molar-refractivity contribution in [2.45, 2.75) is 38.6 Å². The third-order valence-corrected chi connectivity index (χ3v) is 6.39. The Labute approximate surface area is 176 Å². The fourth-order valence-corrected chi connectivity index (χ4v) is 4.64. The third kappa shape index (κ3) is 5.52. The number of aryl methyl sites for hydroxylation is 1. The minimum atomic E-state index is -0.0153. The highest BCUT2D eigenvalue weighted by atomic mass is 32.1. The molecule has 0 aliphatic carbocycles. The molecule has 0 bridgehead atoms. The first-order valence-electron chi connectivity index (χ1n) is 10.2. The third-order valence-electron chi connectivity index (χ3n) is 5.49. The van der Waals surface area contributed by atoms with E-state index in [4.69, 9.17) is 4.98 Å². The highest BCUT2D eigenvalue weighted by Crippen LogP contribution is 2.28. The van der Waals surface area contributed by atoms with Crippen LogP contribution in [0, 0.1) is 6.92 Å². The summed E-state index contributed by atoms with van der Waals surface area (Å²) in [6, 6.07) is 18.7. The van der Waals surface area contributed by atoms with Crippen molar-refractivity contribution in [3.63, 3.8) is 0 Å². The first-order chi connectivity index (χ1) is 14.2. The zero-order chi connectivity index (χ0) is 20.1. The Hall–Kier alpha value is -2.50. The molecular formula is C24H27N3OS. The fraction of sp³-hybridized carbons (Fsp3) is 0.333. The Bertz CT molecular complexity index is 928. The van der Waals surface area contributed by atoms with Crippen LogP contribution in [0.3, 0.4) is 0 Å². The molecule has 0 radical (unpaired) electrons. The maximum absolute atomic E-state index is 12.3. The van der Waals surface area contributed by atoms with Gasteiger partial charge in [0.15, 0.2) is 0 Å². The topological polar surface area (TPSA) is 45.2 Å². The van der Waals surface area contributed by atoms with Crippen LogP contribution in [-0.4, -0.2) is 28.9 Å². The van der Waals surface area contributed by atoms with Gasteiger partial charge in [-0.3, -0.25) is 9.69 Å². The zero-order valence-electron chi connectivity index (χ0n) is 16.8. The Morgan fingerprint density at radius 3 is 2.55 bits per heavy atom. The van der Waals surface area contributed by atoms with Gasteiger partial charge in [0.2, 0.25) is 5.91 Å². The second-order valence-electron chi connectivity index (χ2n) is 7.78. The number of carbonyl (C=O) groups is 1. The Morgan fingerprint density at radius 2 is 1.83 bits per heavy atom. The molecule has 0 saturated carbocycles. The standard InChI is InChI=1S/C24H27N3OS/c1-18-7-9-21(10-8-18)25-23(28)15-24-26-22(17-29-24)16-27-13-11-20(12-14-27)19-5-3-2-4-6-19/h2-10,17,20H,11-16H2,1H3,(H,25,28). The van der Waals surface area contributed by atoms with Crippen molar-refractivity contribution in [1.82, 2.24) is 9.88 Å². The van der Waals surface area contributed by atoms with Gasteiger partial charge >= 0.3 is 0 Å². The molecule has 0 spiro atoms. The zero-order valence-corrected chi connectivity index (χ0v) is 17.6. The number of benzene rings is 2. The van der Waals surface area contributed by atoms with Gasteiger partial charge in [0, 0.05) is 17.6 Å². The summed E-state index contributed by atoms with van der Waals surface area (Å²) in [7, 11) is 0. The van der Waals surface area contributed by atoms with Crippen molar-refractivity contribution >= 4 is 22.9 Å². The van der Waals surface area contributed by atoms with Crippen LogP contribution in [0.2, 0.25) is 0 Å². The lowest BCUT2D eigenvalue weighted by Gasteiger charge is -2.31. The smallest absolute Gasteiger partial charge is 0.231 e.